The van der Waals surface area contributed by atoms with Crippen molar-refractivity contribution >= 4 is 23.8 Å². The third kappa shape index (κ3) is 3.92. The van der Waals surface area contributed by atoms with Crippen LogP contribution in [-0.4, -0.2) is 59.9 Å². The Hall–Kier alpha value is -3.10. The van der Waals surface area contributed by atoms with E-state index in [1.165, 1.54) is 0 Å². The molecule has 3 rings (SSSR count). The average molecular weight is 389 g/mol. The molecule has 1 saturated heterocycles. The third-order valence-corrected chi connectivity index (χ3v) is 4.62. The number of carbonyl (C=O) groups is 4. The normalized spacial score (nSPS) is 17.1. The number of unbranched alkanes of at least 4 members (excludes halogenated alkanes) is 1. The number of nitrogens with zero attached hydrogens (tertiary/aromatic N) is 2. The molecule has 0 unspecified atom stereocenters. The molecule has 2 aliphatic rings. The lowest BCUT2D eigenvalue weighted by Gasteiger charge is -2.21. The zero-order valence-electron chi connectivity index (χ0n) is 15.9. The van der Waals surface area contributed by atoms with Gasteiger partial charge in [0.05, 0.1) is 6.04 Å². The van der Waals surface area contributed by atoms with Crippen molar-refractivity contribution < 1.29 is 28.7 Å². The number of amides is 5. The molecule has 9 nitrogen and oxygen atoms in total. The molecule has 0 bridgehead atoms. The molecule has 0 aliphatic carbocycles. The quantitative estimate of drug-likeness (QED) is 0.555. The maximum absolute atomic E-state index is 12.3. The lowest BCUT2D eigenvalue weighted by molar-refractivity contribution is -0.144. The van der Waals surface area contributed by atoms with Gasteiger partial charge in [0.1, 0.15) is 19.8 Å². The number of hydrogen-bond donors (Lipinski definition) is 1. The number of benzene rings is 1. The molecule has 0 spiro atoms. The molecule has 0 radical (unpaired) electrons. The number of urea groups is 1. The van der Waals surface area contributed by atoms with E-state index in [-0.39, 0.29) is 12.6 Å². The minimum absolute atomic E-state index is 0.172. The number of carbonyl (C=O) groups excluding carboxylic acids is 4. The van der Waals surface area contributed by atoms with Crippen LogP contribution in [0.15, 0.2) is 18.2 Å². The van der Waals surface area contributed by atoms with E-state index >= 15 is 0 Å². The molecule has 1 fully saturated rings. The van der Waals surface area contributed by atoms with Gasteiger partial charge < -0.3 is 14.8 Å². The lowest BCUT2D eigenvalue weighted by atomic mass is 10.1. The molecule has 9 heteroatoms. The first kappa shape index (κ1) is 19.7. The summed E-state index contributed by atoms with van der Waals surface area (Å²) in [5.41, 5.74) is 0.789. The number of ether oxygens (including phenoxy) is 2. The summed E-state index contributed by atoms with van der Waals surface area (Å²) in [5.74, 6) is -1.14. The van der Waals surface area contributed by atoms with Gasteiger partial charge in [-0.1, -0.05) is 19.4 Å². The van der Waals surface area contributed by atoms with Gasteiger partial charge in [-0.25, -0.2) is 9.69 Å². The first-order chi connectivity index (χ1) is 13.4. The Kier molecular flexibility index (Phi) is 5.81. The topological polar surface area (TPSA) is 105 Å². The molecule has 1 aromatic rings. The fraction of sp³-hybridized carbons (Fsp3) is 0.474. The second-order valence-electron chi connectivity index (χ2n) is 6.68. The van der Waals surface area contributed by atoms with Crippen LogP contribution in [0.1, 0.15) is 38.3 Å². The van der Waals surface area contributed by atoms with Crippen LogP contribution in [-0.2, 0) is 14.4 Å². The predicted octanol–water partition coefficient (Wildman–Crippen LogP) is 1.23. The van der Waals surface area contributed by atoms with Gasteiger partial charge in [-0.2, -0.15) is 0 Å². The lowest BCUT2D eigenvalue weighted by Crippen LogP contribution is -2.42. The number of fused-ring (bicyclic) bond motifs is 1. The van der Waals surface area contributed by atoms with Crippen molar-refractivity contribution in [3.8, 4) is 11.5 Å². The van der Waals surface area contributed by atoms with Crippen LogP contribution >= 0.6 is 0 Å². The molecule has 5 amide bonds. The van der Waals surface area contributed by atoms with E-state index < -0.39 is 30.3 Å². The Morgan fingerprint density at radius 3 is 2.50 bits per heavy atom. The Morgan fingerprint density at radius 2 is 1.79 bits per heavy atom. The van der Waals surface area contributed by atoms with Crippen LogP contribution in [0.4, 0.5) is 4.79 Å². The highest BCUT2D eigenvalue weighted by Crippen LogP contribution is 2.32. The van der Waals surface area contributed by atoms with Crippen LogP contribution in [0.2, 0.25) is 0 Å². The number of rotatable bonds is 7. The van der Waals surface area contributed by atoms with Crippen molar-refractivity contribution in [3.63, 3.8) is 0 Å². The molecular formula is C19H23N3O6. The Bertz CT molecular complexity index is 809. The number of imide groups is 2. The molecule has 150 valence electrons. The smallest absolute Gasteiger partial charge is 0.334 e. The molecule has 2 heterocycles. The zero-order valence-corrected chi connectivity index (χ0v) is 15.9. The highest BCUT2D eigenvalue weighted by molar-refractivity contribution is 6.45. The highest BCUT2D eigenvalue weighted by Gasteiger charge is 2.44. The minimum atomic E-state index is -0.969. The van der Waals surface area contributed by atoms with Crippen molar-refractivity contribution in [2.24, 2.45) is 0 Å². The summed E-state index contributed by atoms with van der Waals surface area (Å²) in [6.07, 6.45) is 1.38. The highest BCUT2D eigenvalue weighted by atomic mass is 16.6. The molecular weight excluding hydrogens is 366 g/mol. The van der Waals surface area contributed by atoms with Gasteiger partial charge in [0.25, 0.3) is 0 Å². The van der Waals surface area contributed by atoms with Gasteiger partial charge in [0.2, 0.25) is 5.91 Å². The van der Waals surface area contributed by atoms with Crippen molar-refractivity contribution in [1.29, 1.82) is 0 Å². The van der Waals surface area contributed by atoms with Gasteiger partial charge in [-0.05, 0) is 31.0 Å². The second kappa shape index (κ2) is 8.28. The molecule has 0 aromatic heterocycles. The van der Waals surface area contributed by atoms with Crippen molar-refractivity contribution in [3.05, 3.63) is 23.8 Å². The Morgan fingerprint density at radius 1 is 1.11 bits per heavy atom. The monoisotopic (exact) mass is 389 g/mol. The van der Waals surface area contributed by atoms with E-state index in [4.69, 9.17) is 9.47 Å². The summed E-state index contributed by atoms with van der Waals surface area (Å²) in [5, 5.41) is 2.73. The summed E-state index contributed by atoms with van der Waals surface area (Å²) in [7, 11) is 0. The third-order valence-electron chi connectivity index (χ3n) is 4.62. The zero-order chi connectivity index (χ0) is 20.3. The maximum Gasteiger partial charge on any atom is 0.334 e. The molecule has 28 heavy (non-hydrogen) atoms. The van der Waals surface area contributed by atoms with Gasteiger partial charge in [0, 0.05) is 6.54 Å². The van der Waals surface area contributed by atoms with Gasteiger partial charge in [0.15, 0.2) is 11.5 Å². The number of nitrogens with one attached hydrogen (secondary N) is 1. The SMILES string of the molecule is CCCCN1C(=O)C(=O)N(CC(=O)N[C@@H](C)c2ccc3c(c2)OCCO3)C1=O. The van der Waals surface area contributed by atoms with Crippen LogP contribution in [0.25, 0.3) is 0 Å². The van der Waals surface area contributed by atoms with E-state index in [0.717, 1.165) is 16.9 Å². The van der Waals surface area contributed by atoms with Crippen molar-refractivity contribution in [1.82, 2.24) is 15.1 Å². The van der Waals surface area contributed by atoms with Crippen LogP contribution in [0.3, 0.4) is 0 Å². The molecule has 0 saturated carbocycles. The summed E-state index contributed by atoms with van der Waals surface area (Å²) < 4.78 is 11.0. The molecule has 1 atom stereocenters. The van der Waals surface area contributed by atoms with Crippen LogP contribution in [0.5, 0.6) is 11.5 Å². The standard InChI is InChI=1S/C19H23N3O6/c1-3-4-7-21-17(24)18(25)22(19(21)26)11-16(23)20-12(2)13-5-6-14-15(10-13)28-9-8-27-14/h5-6,10,12H,3-4,7-9,11H2,1-2H3,(H,20,23)/t12-/m0/s1. The van der Waals surface area contributed by atoms with E-state index in [9.17, 15) is 19.2 Å². The van der Waals surface area contributed by atoms with E-state index in [0.29, 0.717) is 36.0 Å². The fourth-order valence-corrected chi connectivity index (χ4v) is 3.05. The fourth-order valence-electron chi connectivity index (χ4n) is 3.05. The second-order valence-corrected chi connectivity index (χ2v) is 6.68. The summed E-state index contributed by atoms with van der Waals surface area (Å²) in [6, 6.07) is 4.22. The molecule has 1 N–H and O–H groups in total. The predicted molar refractivity (Wildman–Crippen MR) is 97.7 cm³/mol. The van der Waals surface area contributed by atoms with Gasteiger partial charge in [-0.3, -0.25) is 19.3 Å². The van der Waals surface area contributed by atoms with Crippen LogP contribution in [0, 0.1) is 0 Å². The largest absolute Gasteiger partial charge is 0.486 e. The first-order valence-corrected chi connectivity index (χ1v) is 9.28. The first-order valence-electron chi connectivity index (χ1n) is 9.28. The molecule has 2 aliphatic heterocycles. The summed E-state index contributed by atoms with van der Waals surface area (Å²) >= 11 is 0. The van der Waals surface area contributed by atoms with Gasteiger partial charge >= 0.3 is 17.8 Å². The summed E-state index contributed by atoms with van der Waals surface area (Å²) in [4.78, 5) is 50.2. The van der Waals surface area contributed by atoms with E-state index in [1.54, 1.807) is 25.1 Å². The summed E-state index contributed by atoms with van der Waals surface area (Å²) in [6.45, 7) is 4.31. The van der Waals surface area contributed by atoms with E-state index in [2.05, 4.69) is 5.32 Å². The van der Waals surface area contributed by atoms with E-state index in [1.807, 2.05) is 6.92 Å². The number of hydrogen-bond acceptors (Lipinski definition) is 6. The van der Waals surface area contributed by atoms with Crippen molar-refractivity contribution in [2.75, 3.05) is 26.3 Å². The Labute approximate surface area is 162 Å². The van der Waals surface area contributed by atoms with Crippen molar-refractivity contribution in [2.45, 2.75) is 32.7 Å². The average Bonchev–Trinajstić information content (AvgIpc) is 2.89. The molecule has 1 aromatic carbocycles. The Balaban J connectivity index is 1.61. The minimum Gasteiger partial charge on any atom is -0.486 e. The maximum atomic E-state index is 12.3. The van der Waals surface area contributed by atoms with Crippen LogP contribution < -0.4 is 14.8 Å². The van der Waals surface area contributed by atoms with Gasteiger partial charge in [-0.15, -0.1) is 0 Å².